The molecule has 0 aliphatic carbocycles. The van der Waals surface area contributed by atoms with E-state index >= 15 is 0 Å². The number of piperidine rings is 1. The minimum atomic E-state index is -1.03. The van der Waals surface area contributed by atoms with E-state index in [1.54, 1.807) is 6.21 Å². The topological polar surface area (TPSA) is 133 Å². The van der Waals surface area contributed by atoms with E-state index in [0.717, 1.165) is 22.4 Å². The quantitative estimate of drug-likeness (QED) is 0.294. The Bertz CT molecular complexity index is 1110. The van der Waals surface area contributed by atoms with Crippen molar-refractivity contribution in [3.05, 3.63) is 71.3 Å². The molecule has 0 aromatic heterocycles. The fourth-order valence-corrected chi connectivity index (χ4v) is 4.67. The third-order valence-corrected chi connectivity index (χ3v) is 6.64. The number of aliphatic carboxylic acids is 2. The second-order valence-corrected chi connectivity index (χ2v) is 9.41. The van der Waals surface area contributed by atoms with Gasteiger partial charge in [-0.1, -0.05) is 59.8 Å². The number of oxime groups is 1. The molecule has 1 saturated heterocycles. The number of likely N-dealkylation sites (tertiary alicyclic amines) is 1. The van der Waals surface area contributed by atoms with E-state index in [4.69, 9.17) is 19.8 Å². The molecule has 1 atom stereocenters. The van der Waals surface area contributed by atoms with Crippen molar-refractivity contribution in [2.24, 2.45) is 10.3 Å². The first-order valence-electron chi connectivity index (χ1n) is 12.3. The predicted molar refractivity (Wildman–Crippen MR) is 138 cm³/mol. The Hall–Kier alpha value is -3.76. The Morgan fingerprint density at radius 1 is 1.11 bits per heavy atom. The molecule has 1 unspecified atom stereocenters. The Kier molecular flexibility index (Phi) is 8.86. The first-order chi connectivity index (χ1) is 17.9. The number of hydrogen-bond acceptors (Lipinski definition) is 8. The molecule has 0 saturated carbocycles. The molecule has 0 radical (unpaired) electrons. The van der Waals surface area contributed by atoms with Crippen LogP contribution in [0.1, 0.15) is 42.4 Å². The SMILES string of the molecule is O=C(O)COC1(CC2CC(c3ccc(C=NNCc4ccccc4)cc3)=NO2)CCN(CC(=O)O)CC1. The monoisotopic (exact) mass is 508 g/mol. The minimum absolute atomic E-state index is 0.0357. The smallest absolute Gasteiger partial charge is 0.329 e. The molecule has 1 fully saturated rings. The summed E-state index contributed by atoms with van der Waals surface area (Å²) in [5.41, 5.74) is 6.25. The van der Waals surface area contributed by atoms with Gasteiger partial charge in [-0.15, -0.1) is 0 Å². The third-order valence-electron chi connectivity index (χ3n) is 6.64. The maximum atomic E-state index is 11.2. The number of carboxylic acid groups (broad SMARTS) is 2. The van der Waals surface area contributed by atoms with Crippen LogP contribution in [0.5, 0.6) is 0 Å². The summed E-state index contributed by atoms with van der Waals surface area (Å²) in [5.74, 6) is -1.91. The predicted octanol–water partition coefficient (Wildman–Crippen LogP) is 2.71. The summed E-state index contributed by atoms with van der Waals surface area (Å²) in [5, 5.41) is 26.8. The summed E-state index contributed by atoms with van der Waals surface area (Å²) in [4.78, 5) is 29.8. The van der Waals surface area contributed by atoms with Crippen LogP contribution >= 0.6 is 0 Å². The van der Waals surface area contributed by atoms with Crippen LogP contribution in [-0.4, -0.2) is 76.9 Å². The first kappa shape index (κ1) is 26.3. The third kappa shape index (κ3) is 7.86. The van der Waals surface area contributed by atoms with Crippen LogP contribution in [0.4, 0.5) is 0 Å². The fourth-order valence-electron chi connectivity index (χ4n) is 4.67. The minimum Gasteiger partial charge on any atom is -0.480 e. The van der Waals surface area contributed by atoms with Crippen molar-refractivity contribution in [3.8, 4) is 0 Å². The average Bonchev–Trinajstić information content (AvgIpc) is 3.36. The molecule has 2 aliphatic rings. The van der Waals surface area contributed by atoms with Gasteiger partial charge < -0.3 is 25.2 Å². The van der Waals surface area contributed by atoms with Crippen molar-refractivity contribution in [2.75, 3.05) is 26.2 Å². The van der Waals surface area contributed by atoms with Crippen molar-refractivity contribution in [3.63, 3.8) is 0 Å². The molecule has 3 N–H and O–H groups in total. The van der Waals surface area contributed by atoms with Crippen LogP contribution < -0.4 is 5.43 Å². The van der Waals surface area contributed by atoms with E-state index in [0.29, 0.717) is 45.3 Å². The molecular weight excluding hydrogens is 476 g/mol. The number of benzene rings is 2. The Morgan fingerprint density at radius 3 is 2.51 bits per heavy atom. The van der Waals surface area contributed by atoms with E-state index in [9.17, 15) is 9.59 Å². The molecule has 4 rings (SSSR count). The Balaban J connectivity index is 1.29. The van der Waals surface area contributed by atoms with E-state index in [1.807, 2.05) is 59.5 Å². The van der Waals surface area contributed by atoms with Crippen LogP contribution in [0, 0.1) is 0 Å². The van der Waals surface area contributed by atoms with Gasteiger partial charge in [-0.3, -0.25) is 9.69 Å². The molecule has 37 heavy (non-hydrogen) atoms. The Morgan fingerprint density at radius 2 is 1.84 bits per heavy atom. The second kappa shape index (κ2) is 12.5. The standard InChI is InChI=1S/C27H32N4O6/c32-25(33)18-31-12-10-27(11-13-31,36-19-26(34)35)15-23-14-24(30-37-23)22-8-6-21(7-9-22)17-29-28-16-20-4-2-1-3-5-20/h1-9,17,23,28H,10-16,18-19H2,(H,32,33)(H,34,35). The summed E-state index contributed by atoms with van der Waals surface area (Å²) >= 11 is 0. The van der Waals surface area contributed by atoms with E-state index in [1.165, 1.54) is 0 Å². The highest BCUT2D eigenvalue weighted by molar-refractivity contribution is 6.01. The van der Waals surface area contributed by atoms with E-state index in [2.05, 4.69) is 15.7 Å². The summed E-state index contributed by atoms with van der Waals surface area (Å²) in [7, 11) is 0. The summed E-state index contributed by atoms with van der Waals surface area (Å²) in [6.45, 7) is 1.26. The molecule has 2 heterocycles. The molecule has 2 aromatic carbocycles. The van der Waals surface area contributed by atoms with Crippen LogP contribution in [-0.2, 0) is 25.7 Å². The number of nitrogens with zero attached hydrogens (tertiary/aromatic N) is 3. The van der Waals surface area contributed by atoms with Crippen molar-refractivity contribution >= 4 is 23.9 Å². The number of carbonyl (C=O) groups is 2. The molecule has 0 amide bonds. The van der Waals surface area contributed by atoms with Gasteiger partial charge in [0.1, 0.15) is 12.7 Å². The van der Waals surface area contributed by atoms with Crippen LogP contribution in [0.25, 0.3) is 0 Å². The highest BCUT2D eigenvalue weighted by atomic mass is 16.6. The zero-order valence-electron chi connectivity index (χ0n) is 20.6. The van der Waals surface area contributed by atoms with Gasteiger partial charge in [0.05, 0.1) is 30.6 Å². The van der Waals surface area contributed by atoms with Crippen LogP contribution in [0.15, 0.2) is 64.9 Å². The van der Waals surface area contributed by atoms with Gasteiger partial charge in [0, 0.05) is 25.9 Å². The van der Waals surface area contributed by atoms with Crippen molar-refractivity contribution < 1.29 is 29.4 Å². The summed E-state index contributed by atoms with van der Waals surface area (Å²) < 4.78 is 5.85. The zero-order chi connectivity index (χ0) is 26.1. The largest absolute Gasteiger partial charge is 0.480 e. The summed E-state index contributed by atoms with van der Waals surface area (Å²) in [6.07, 6.45) is 3.68. The van der Waals surface area contributed by atoms with Gasteiger partial charge in [0.2, 0.25) is 0 Å². The molecule has 2 aromatic rings. The maximum absolute atomic E-state index is 11.2. The van der Waals surface area contributed by atoms with Crippen LogP contribution in [0.2, 0.25) is 0 Å². The normalized spacial score (nSPS) is 19.4. The van der Waals surface area contributed by atoms with E-state index < -0.39 is 24.1 Å². The Labute approximate surface area is 215 Å². The number of carboxylic acids is 2. The lowest BCUT2D eigenvalue weighted by atomic mass is 9.84. The molecule has 0 spiro atoms. The number of ether oxygens (including phenoxy) is 1. The van der Waals surface area contributed by atoms with Crippen LogP contribution in [0.3, 0.4) is 0 Å². The molecule has 0 bridgehead atoms. The van der Waals surface area contributed by atoms with E-state index in [-0.39, 0.29) is 12.6 Å². The fraction of sp³-hybridized carbons (Fsp3) is 0.407. The van der Waals surface area contributed by atoms with Gasteiger partial charge in [-0.25, -0.2) is 4.79 Å². The van der Waals surface area contributed by atoms with Gasteiger partial charge in [-0.2, -0.15) is 5.10 Å². The second-order valence-electron chi connectivity index (χ2n) is 9.41. The number of nitrogens with one attached hydrogen (secondary N) is 1. The molecule has 2 aliphatic heterocycles. The molecule has 10 heteroatoms. The molecule has 10 nitrogen and oxygen atoms in total. The van der Waals surface area contributed by atoms with Gasteiger partial charge in [-0.05, 0) is 29.5 Å². The van der Waals surface area contributed by atoms with Gasteiger partial charge in [0.25, 0.3) is 0 Å². The molecule has 196 valence electrons. The van der Waals surface area contributed by atoms with Crippen molar-refractivity contribution in [1.82, 2.24) is 10.3 Å². The number of hydrazone groups is 1. The highest BCUT2D eigenvalue weighted by Gasteiger charge is 2.40. The highest BCUT2D eigenvalue weighted by Crippen LogP contribution is 2.34. The van der Waals surface area contributed by atoms with Crippen molar-refractivity contribution in [2.45, 2.75) is 43.9 Å². The van der Waals surface area contributed by atoms with Crippen molar-refractivity contribution in [1.29, 1.82) is 0 Å². The van der Waals surface area contributed by atoms with Gasteiger partial charge in [0.15, 0.2) is 0 Å². The molecular formula is C27H32N4O6. The summed E-state index contributed by atoms with van der Waals surface area (Å²) in [6, 6.07) is 17.9. The average molecular weight is 509 g/mol. The maximum Gasteiger partial charge on any atom is 0.329 e. The lowest BCUT2D eigenvalue weighted by Gasteiger charge is -2.41. The van der Waals surface area contributed by atoms with Gasteiger partial charge >= 0.3 is 11.9 Å². The number of rotatable bonds is 12. The zero-order valence-corrected chi connectivity index (χ0v) is 20.6. The lowest BCUT2D eigenvalue weighted by Crippen LogP contribution is -2.49. The lowest BCUT2D eigenvalue weighted by molar-refractivity contribution is -0.159. The number of hydrogen-bond donors (Lipinski definition) is 3. The first-order valence-corrected chi connectivity index (χ1v) is 12.3.